The van der Waals surface area contributed by atoms with Crippen molar-refractivity contribution in [3.05, 3.63) is 42.0 Å². The van der Waals surface area contributed by atoms with Gasteiger partial charge < -0.3 is 10.6 Å². The first kappa shape index (κ1) is 12.8. The quantitative estimate of drug-likeness (QED) is 0.872. The molecule has 4 nitrogen and oxygen atoms in total. The van der Waals surface area contributed by atoms with Crippen LogP contribution in [0.2, 0.25) is 0 Å². The van der Waals surface area contributed by atoms with Crippen molar-refractivity contribution in [3.63, 3.8) is 0 Å². The van der Waals surface area contributed by atoms with E-state index in [0.29, 0.717) is 5.92 Å². The first-order chi connectivity index (χ1) is 9.74. The van der Waals surface area contributed by atoms with Gasteiger partial charge in [-0.05, 0) is 44.0 Å². The lowest BCUT2D eigenvalue weighted by Gasteiger charge is -2.10. The maximum atomic E-state index is 12.9. The molecular formula is C15H17FN4. The van der Waals surface area contributed by atoms with E-state index in [1.165, 1.54) is 12.1 Å². The van der Waals surface area contributed by atoms with Crippen molar-refractivity contribution in [2.45, 2.75) is 25.7 Å². The fourth-order valence-corrected chi connectivity index (χ4v) is 2.01. The monoisotopic (exact) mass is 272 g/mol. The molecule has 0 aliphatic heterocycles. The highest BCUT2D eigenvalue weighted by Gasteiger charge is 2.27. The van der Waals surface area contributed by atoms with Gasteiger partial charge in [0, 0.05) is 24.2 Å². The normalized spacial score (nSPS) is 14.1. The molecule has 20 heavy (non-hydrogen) atoms. The zero-order valence-electron chi connectivity index (χ0n) is 11.4. The summed E-state index contributed by atoms with van der Waals surface area (Å²) in [5.41, 5.74) is 0.814. The summed E-state index contributed by atoms with van der Waals surface area (Å²) in [4.78, 5) is 9.06. The molecule has 0 atom stereocenters. The second-order valence-electron chi connectivity index (χ2n) is 4.93. The first-order valence-corrected chi connectivity index (χ1v) is 6.90. The zero-order valence-corrected chi connectivity index (χ0v) is 11.4. The molecule has 0 spiro atoms. The minimum atomic E-state index is -0.245. The van der Waals surface area contributed by atoms with Crippen molar-refractivity contribution in [1.29, 1.82) is 0 Å². The van der Waals surface area contributed by atoms with Crippen LogP contribution in [-0.4, -0.2) is 16.5 Å². The number of anilines is 3. The molecule has 0 bridgehead atoms. The Bertz CT molecular complexity index is 593. The molecule has 1 aliphatic rings. The highest BCUT2D eigenvalue weighted by molar-refractivity contribution is 5.59. The van der Waals surface area contributed by atoms with E-state index in [0.717, 1.165) is 42.5 Å². The fraction of sp³-hybridized carbons (Fsp3) is 0.333. The van der Waals surface area contributed by atoms with Crippen LogP contribution in [-0.2, 0) is 0 Å². The number of nitrogens with zero attached hydrogens (tertiary/aromatic N) is 2. The molecule has 0 radical (unpaired) electrons. The summed E-state index contributed by atoms with van der Waals surface area (Å²) < 4.78 is 12.9. The van der Waals surface area contributed by atoms with Crippen molar-refractivity contribution in [2.24, 2.45) is 0 Å². The molecule has 1 aromatic carbocycles. The van der Waals surface area contributed by atoms with E-state index in [1.807, 2.05) is 13.0 Å². The molecule has 104 valence electrons. The third-order valence-corrected chi connectivity index (χ3v) is 3.16. The van der Waals surface area contributed by atoms with Gasteiger partial charge in [0.25, 0.3) is 0 Å². The van der Waals surface area contributed by atoms with Crippen molar-refractivity contribution in [3.8, 4) is 0 Å². The van der Waals surface area contributed by atoms with Crippen LogP contribution in [0.3, 0.4) is 0 Å². The number of nitrogens with one attached hydrogen (secondary N) is 2. The van der Waals surface area contributed by atoms with Gasteiger partial charge in [-0.1, -0.05) is 0 Å². The predicted octanol–water partition coefficient (Wildman–Crippen LogP) is 3.67. The van der Waals surface area contributed by atoms with Crippen LogP contribution in [0.15, 0.2) is 30.3 Å². The van der Waals surface area contributed by atoms with Gasteiger partial charge in [-0.15, -0.1) is 0 Å². The van der Waals surface area contributed by atoms with Gasteiger partial charge in [0.15, 0.2) is 0 Å². The van der Waals surface area contributed by atoms with E-state index in [4.69, 9.17) is 0 Å². The molecule has 0 amide bonds. The molecular weight excluding hydrogens is 255 g/mol. The van der Waals surface area contributed by atoms with E-state index >= 15 is 0 Å². The average Bonchev–Trinajstić information content (AvgIpc) is 3.26. The molecule has 1 heterocycles. The lowest BCUT2D eigenvalue weighted by atomic mass is 10.3. The molecule has 2 N–H and O–H groups in total. The third-order valence-electron chi connectivity index (χ3n) is 3.16. The summed E-state index contributed by atoms with van der Waals surface area (Å²) in [6.45, 7) is 2.85. The summed E-state index contributed by atoms with van der Waals surface area (Å²) in [6.07, 6.45) is 2.32. The Morgan fingerprint density at radius 2 is 1.85 bits per heavy atom. The number of hydrogen-bond acceptors (Lipinski definition) is 4. The molecule has 3 rings (SSSR count). The largest absolute Gasteiger partial charge is 0.370 e. The minimum absolute atomic E-state index is 0.245. The summed E-state index contributed by atoms with van der Waals surface area (Å²) >= 11 is 0. The molecule has 1 aromatic heterocycles. The van der Waals surface area contributed by atoms with Gasteiger partial charge >= 0.3 is 0 Å². The van der Waals surface area contributed by atoms with Crippen molar-refractivity contribution in [2.75, 3.05) is 17.2 Å². The Balaban J connectivity index is 1.85. The van der Waals surface area contributed by atoms with Crippen LogP contribution in [0.1, 0.15) is 31.5 Å². The summed E-state index contributed by atoms with van der Waals surface area (Å²) in [7, 11) is 0. The van der Waals surface area contributed by atoms with Crippen LogP contribution >= 0.6 is 0 Å². The van der Waals surface area contributed by atoms with Gasteiger partial charge in [-0.3, -0.25) is 0 Å². The van der Waals surface area contributed by atoms with E-state index < -0.39 is 0 Å². The van der Waals surface area contributed by atoms with Crippen molar-refractivity contribution < 1.29 is 4.39 Å². The third kappa shape index (κ3) is 3.04. The van der Waals surface area contributed by atoms with Gasteiger partial charge in [0.05, 0.1) is 0 Å². The summed E-state index contributed by atoms with van der Waals surface area (Å²) in [6, 6.07) is 8.12. The Kier molecular flexibility index (Phi) is 3.50. The first-order valence-electron chi connectivity index (χ1n) is 6.90. The Hall–Kier alpha value is -2.17. The van der Waals surface area contributed by atoms with Crippen LogP contribution in [0, 0.1) is 5.82 Å². The van der Waals surface area contributed by atoms with Crippen LogP contribution in [0.4, 0.5) is 21.7 Å². The lowest BCUT2D eigenvalue weighted by molar-refractivity contribution is 0.628. The van der Waals surface area contributed by atoms with Crippen LogP contribution in [0.5, 0.6) is 0 Å². The van der Waals surface area contributed by atoms with Crippen LogP contribution < -0.4 is 10.6 Å². The standard InChI is InChI=1S/C15H17FN4/c1-2-17-13-9-14(20-15(19-13)10-3-4-10)18-12-7-5-11(16)6-8-12/h5-10H,2-4H2,1H3,(H2,17,18,19,20). The van der Waals surface area contributed by atoms with Gasteiger partial charge in [-0.2, -0.15) is 0 Å². The summed E-state index contributed by atoms with van der Waals surface area (Å²) in [5.74, 6) is 2.69. The maximum absolute atomic E-state index is 12.9. The molecule has 1 aliphatic carbocycles. The smallest absolute Gasteiger partial charge is 0.136 e. The highest BCUT2D eigenvalue weighted by Crippen LogP contribution is 2.39. The minimum Gasteiger partial charge on any atom is -0.370 e. The molecule has 1 saturated carbocycles. The van der Waals surface area contributed by atoms with Gasteiger partial charge in [0.2, 0.25) is 0 Å². The van der Waals surface area contributed by atoms with Crippen molar-refractivity contribution in [1.82, 2.24) is 9.97 Å². The predicted molar refractivity (Wildman–Crippen MR) is 77.9 cm³/mol. The van der Waals surface area contributed by atoms with E-state index in [9.17, 15) is 4.39 Å². The summed E-state index contributed by atoms with van der Waals surface area (Å²) in [5, 5.41) is 6.41. The average molecular weight is 272 g/mol. The Labute approximate surface area is 117 Å². The highest BCUT2D eigenvalue weighted by atomic mass is 19.1. The number of benzene rings is 1. The number of aromatic nitrogens is 2. The number of halogens is 1. The molecule has 5 heteroatoms. The lowest BCUT2D eigenvalue weighted by Crippen LogP contribution is -2.05. The topological polar surface area (TPSA) is 49.8 Å². The van der Waals surface area contributed by atoms with Crippen molar-refractivity contribution >= 4 is 17.3 Å². The SMILES string of the molecule is CCNc1cc(Nc2ccc(F)cc2)nc(C2CC2)n1. The Morgan fingerprint density at radius 1 is 1.15 bits per heavy atom. The molecule has 0 saturated heterocycles. The van der Waals surface area contributed by atoms with Gasteiger partial charge in [0.1, 0.15) is 23.3 Å². The van der Waals surface area contributed by atoms with Gasteiger partial charge in [-0.25, -0.2) is 14.4 Å². The van der Waals surface area contributed by atoms with E-state index in [1.54, 1.807) is 12.1 Å². The Morgan fingerprint density at radius 3 is 2.50 bits per heavy atom. The number of rotatable bonds is 5. The molecule has 0 unspecified atom stereocenters. The van der Waals surface area contributed by atoms with Crippen LogP contribution in [0.25, 0.3) is 0 Å². The zero-order chi connectivity index (χ0) is 13.9. The fourth-order valence-electron chi connectivity index (χ4n) is 2.01. The number of hydrogen-bond donors (Lipinski definition) is 2. The second-order valence-corrected chi connectivity index (χ2v) is 4.93. The maximum Gasteiger partial charge on any atom is 0.136 e. The second kappa shape index (κ2) is 5.45. The molecule has 2 aromatic rings. The van der Waals surface area contributed by atoms with E-state index in [2.05, 4.69) is 20.6 Å². The van der Waals surface area contributed by atoms with E-state index in [-0.39, 0.29) is 5.82 Å². The molecule has 1 fully saturated rings.